The molecular weight excluding hydrogens is 294 g/mol. The molecule has 2 aliphatic rings. The van der Waals surface area contributed by atoms with Gasteiger partial charge in [0.2, 0.25) is 0 Å². The first-order valence-electron chi connectivity index (χ1n) is 8.38. The van der Waals surface area contributed by atoms with Crippen molar-refractivity contribution in [1.82, 2.24) is 4.90 Å². The molecule has 2 fully saturated rings. The van der Waals surface area contributed by atoms with Gasteiger partial charge >= 0.3 is 0 Å². The summed E-state index contributed by atoms with van der Waals surface area (Å²) in [5, 5.41) is 9.91. The summed E-state index contributed by atoms with van der Waals surface area (Å²) in [5.74, 6) is 0.587. The van der Waals surface area contributed by atoms with E-state index in [1.54, 1.807) is 0 Å². The number of carbonyl (C=O) groups is 1. The molecule has 0 bridgehead atoms. The van der Waals surface area contributed by atoms with Gasteiger partial charge in [-0.3, -0.25) is 9.69 Å². The maximum atomic E-state index is 12.3. The number of rotatable bonds is 4. The summed E-state index contributed by atoms with van der Waals surface area (Å²) in [4.78, 5) is 18.4. The van der Waals surface area contributed by atoms with Crippen molar-refractivity contribution in [2.45, 2.75) is 46.1 Å². The summed E-state index contributed by atoms with van der Waals surface area (Å²) >= 11 is 0. The standard InChI is InChI=1S/C17H29N3O3/c1-17(2,3)14(21)10-15(18)19-16(22)13-4-7-20(13)11-12-5-8-23-9-6-12/h10,12-13,21H,4-9,11H2,1-3H3,(H2,18,19,22)/b14-10-/t13-/m0/s1. The van der Waals surface area contributed by atoms with Crippen LogP contribution in [0, 0.1) is 11.3 Å². The highest BCUT2D eigenvalue weighted by molar-refractivity contribution is 6.01. The Kier molecular flexibility index (Phi) is 5.81. The molecule has 0 aromatic carbocycles. The Morgan fingerprint density at radius 3 is 2.52 bits per heavy atom. The molecule has 6 nitrogen and oxygen atoms in total. The lowest BCUT2D eigenvalue weighted by atomic mass is 9.93. The van der Waals surface area contributed by atoms with E-state index in [1.165, 1.54) is 6.08 Å². The van der Waals surface area contributed by atoms with Crippen LogP contribution in [0.1, 0.15) is 40.0 Å². The third-order valence-corrected chi connectivity index (χ3v) is 4.54. The predicted molar refractivity (Wildman–Crippen MR) is 90.3 cm³/mol. The highest BCUT2D eigenvalue weighted by atomic mass is 16.5. The van der Waals surface area contributed by atoms with E-state index in [4.69, 9.17) is 10.5 Å². The van der Waals surface area contributed by atoms with Crippen LogP contribution in [0.5, 0.6) is 0 Å². The van der Waals surface area contributed by atoms with Gasteiger partial charge in [-0.25, -0.2) is 0 Å². The zero-order valence-electron chi connectivity index (χ0n) is 14.4. The third kappa shape index (κ3) is 5.04. The van der Waals surface area contributed by atoms with Gasteiger partial charge in [0.25, 0.3) is 5.91 Å². The van der Waals surface area contributed by atoms with Crippen LogP contribution in [0.15, 0.2) is 16.8 Å². The van der Waals surface area contributed by atoms with Gasteiger partial charge < -0.3 is 15.6 Å². The molecule has 0 radical (unpaired) electrons. The summed E-state index contributed by atoms with van der Waals surface area (Å²) in [7, 11) is 0. The minimum Gasteiger partial charge on any atom is -0.512 e. The second-order valence-electron chi connectivity index (χ2n) is 7.51. The molecule has 2 heterocycles. The SMILES string of the molecule is CC(C)(C)/C(O)=C/C(N)=NC(=O)[C@@H]1CCN1CC1CCOCC1. The lowest BCUT2D eigenvalue weighted by Crippen LogP contribution is -2.54. The average Bonchev–Trinajstić information content (AvgIpc) is 2.43. The molecule has 1 atom stereocenters. The maximum absolute atomic E-state index is 12.3. The Bertz CT molecular complexity index is 488. The lowest BCUT2D eigenvalue weighted by Gasteiger charge is -2.41. The maximum Gasteiger partial charge on any atom is 0.264 e. The van der Waals surface area contributed by atoms with Crippen LogP contribution in [0.2, 0.25) is 0 Å². The van der Waals surface area contributed by atoms with Crippen LogP contribution in [0.3, 0.4) is 0 Å². The van der Waals surface area contributed by atoms with Crippen LogP contribution >= 0.6 is 0 Å². The molecule has 2 saturated heterocycles. The number of amides is 1. The quantitative estimate of drug-likeness (QED) is 0.468. The van der Waals surface area contributed by atoms with Crippen molar-refractivity contribution in [2.24, 2.45) is 22.1 Å². The number of allylic oxidation sites excluding steroid dienone is 1. The summed E-state index contributed by atoms with van der Waals surface area (Å²) in [6.07, 6.45) is 4.32. The normalized spacial score (nSPS) is 25.3. The van der Waals surface area contributed by atoms with Gasteiger partial charge in [0.1, 0.15) is 11.6 Å². The zero-order valence-corrected chi connectivity index (χ0v) is 14.4. The van der Waals surface area contributed by atoms with Crippen molar-refractivity contribution < 1.29 is 14.6 Å². The monoisotopic (exact) mass is 323 g/mol. The van der Waals surface area contributed by atoms with Gasteiger partial charge in [-0.15, -0.1) is 0 Å². The van der Waals surface area contributed by atoms with Crippen LogP contribution in [-0.2, 0) is 9.53 Å². The van der Waals surface area contributed by atoms with Crippen LogP contribution in [0.4, 0.5) is 0 Å². The zero-order chi connectivity index (χ0) is 17.0. The molecule has 0 unspecified atom stereocenters. The second-order valence-corrected chi connectivity index (χ2v) is 7.51. The Balaban J connectivity index is 1.90. The number of aliphatic hydroxyl groups excluding tert-OH is 1. The highest BCUT2D eigenvalue weighted by Crippen LogP contribution is 2.25. The minimum atomic E-state index is -0.408. The van der Waals surface area contributed by atoms with E-state index < -0.39 is 5.41 Å². The molecule has 0 aromatic heterocycles. The van der Waals surface area contributed by atoms with E-state index in [1.807, 2.05) is 20.8 Å². The first-order valence-corrected chi connectivity index (χ1v) is 8.38. The molecule has 130 valence electrons. The Labute approximate surface area is 138 Å². The molecule has 6 heteroatoms. The molecule has 1 amide bonds. The fourth-order valence-electron chi connectivity index (χ4n) is 2.79. The van der Waals surface area contributed by atoms with Gasteiger partial charge in [0.05, 0.1) is 6.04 Å². The Morgan fingerprint density at radius 2 is 2.00 bits per heavy atom. The first-order chi connectivity index (χ1) is 10.8. The molecule has 3 N–H and O–H groups in total. The van der Waals surface area contributed by atoms with Crippen LogP contribution in [-0.4, -0.2) is 54.1 Å². The van der Waals surface area contributed by atoms with E-state index in [2.05, 4.69) is 9.89 Å². The van der Waals surface area contributed by atoms with Gasteiger partial charge in [0, 0.05) is 37.8 Å². The number of likely N-dealkylation sites (tertiary alicyclic amines) is 1. The van der Waals surface area contributed by atoms with Gasteiger partial charge in [-0.05, 0) is 25.2 Å². The number of ether oxygens (including phenoxy) is 1. The Morgan fingerprint density at radius 1 is 1.35 bits per heavy atom. The lowest BCUT2D eigenvalue weighted by molar-refractivity contribution is -0.128. The predicted octanol–water partition coefficient (Wildman–Crippen LogP) is 1.86. The minimum absolute atomic E-state index is 0.0698. The summed E-state index contributed by atoms with van der Waals surface area (Å²) < 4.78 is 5.37. The van der Waals surface area contributed by atoms with Crippen molar-refractivity contribution in [1.29, 1.82) is 0 Å². The number of nitrogens with zero attached hydrogens (tertiary/aromatic N) is 2. The molecular formula is C17H29N3O3. The fourth-order valence-corrected chi connectivity index (χ4v) is 2.79. The van der Waals surface area contributed by atoms with E-state index in [0.29, 0.717) is 5.92 Å². The van der Waals surface area contributed by atoms with Gasteiger partial charge in [-0.1, -0.05) is 20.8 Å². The Hall–Kier alpha value is -1.40. The number of hydrogen-bond acceptors (Lipinski definition) is 4. The van der Waals surface area contributed by atoms with E-state index in [9.17, 15) is 9.90 Å². The fraction of sp³-hybridized carbons (Fsp3) is 0.765. The molecule has 2 aliphatic heterocycles. The smallest absolute Gasteiger partial charge is 0.264 e. The molecule has 2 rings (SSSR count). The van der Waals surface area contributed by atoms with E-state index in [-0.39, 0.29) is 23.5 Å². The molecule has 0 aromatic rings. The van der Waals surface area contributed by atoms with Crippen LogP contribution in [0.25, 0.3) is 0 Å². The van der Waals surface area contributed by atoms with Crippen molar-refractivity contribution in [2.75, 3.05) is 26.3 Å². The average molecular weight is 323 g/mol. The molecule has 23 heavy (non-hydrogen) atoms. The summed E-state index contributed by atoms with van der Waals surface area (Å²) in [6, 6.07) is -0.165. The molecule has 0 aliphatic carbocycles. The third-order valence-electron chi connectivity index (χ3n) is 4.54. The topological polar surface area (TPSA) is 88.2 Å². The second kappa shape index (κ2) is 7.45. The van der Waals surface area contributed by atoms with Crippen molar-refractivity contribution in [3.05, 3.63) is 11.8 Å². The summed E-state index contributed by atoms with van der Waals surface area (Å²) in [5.41, 5.74) is 5.37. The number of carbonyl (C=O) groups excluding carboxylic acids is 1. The molecule has 0 saturated carbocycles. The van der Waals surface area contributed by atoms with E-state index in [0.717, 1.165) is 45.6 Å². The van der Waals surface area contributed by atoms with Crippen molar-refractivity contribution >= 4 is 11.7 Å². The van der Waals surface area contributed by atoms with Gasteiger partial charge in [-0.2, -0.15) is 4.99 Å². The number of nitrogens with two attached hydrogens (primary N) is 1. The summed E-state index contributed by atoms with van der Waals surface area (Å²) in [6.45, 7) is 9.11. The van der Waals surface area contributed by atoms with Crippen LogP contribution < -0.4 is 5.73 Å². The number of hydrogen-bond donors (Lipinski definition) is 2. The number of aliphatic imine (C=N–C) groups is 1. The largest absolute Gasteiger partial charge is 0.512 e. The van der Waals surface area contributed by atoms with Gasteiger partial charge in [0.15, 0.2) is 0 Å². The number of amidine groups is 1. The van der Waals surface area contributed by atoms with Crippen molar-refractivity contribution in [3.8, 4) is 0 Å². The first kappa shape index (κ1) is 17.9. The number of aliphatic hydroxyl groups is 1. The van der Waals surface area contributed by atoms with E-state index >= 15 is 0 Å². The van der Waals surface area contributed by atoms with Crippen molar-refractivity contribution in [3.63, 3.8) is 0 Å². The molecule has 0 spiro atoms. The highest BCUT2D eigenvalue weighted by Gasteiger charge is 2.35.